The average molecular weight is 542 g/mol. The number of nitrogens with zero attached hydrogens (tertiary/aromatic N) is 3. The molecule has 0 fully saturated rings. The first-order chi connectivity index (χ1) is 17.8. The molecular weight excluding hydrogens is 525 g/mol. The molecule has 0 aliphatic rings. The molecule has 14 heteroatoms. The molecule has 3 aromatic carbocycles. The first-order valence-electron chi connectivity index (χ1n) is 10.5. The molecule has 4 aromatic rings. The number of halogens is 2. The lowest BCUT2D eigenvalue weighted by Crippen LogP contribution is -2.34. The molecule has 0 saturated carbocycles. The summed E-state index contributed by atoms with van der Waals surface area (Å²) in [6, 6.07) is 17.0. The molecule has 0 atom stereocenters. The normalized spacial score (nSPS) is 10.4. The van der Waals surface area contributed by atoms with Crippen LogP contribution < -0.4 is 26.4 Å². The number of benzene rings is 3. The van der Waals surface area contributed by atoms with E-state index >= 15 is 0 Å². The molecule has 0 saturated heterocycles. The topological polar surface area (TPSA) is 160 Å². The molecule has 37 heavy (non-hydrogen) atoms. The predicted octanol–water partition coefficient (Wildman–Crippen LogP) is 4.12. The van der Waals surface area contributed by atoms with Crippen molar-refractivity contribution in [1.82, 2.24) is 20.8 Å². The highest BCUT2D eigenvalue weighted by Crippen LogP contribution is 2.29. The molecule has 12 nitrogen and oxygen atoms in total. The zero-order chi connectivity index (χ0) is 26.4. The Morgan fingerprint density at radius 3 is 2.38 bits per heavy atom. The summed E-state index contributed by atoms with van der Waals surface area (Å²) in [5, 5.41) is 13.9. The maximum atomic E-state index is 12.8. The fraction of sp³-hybridized carbons (Fsp3) is 0.0435. The number of amides is 2. The lowest BCUT2D eigenvalue weighted by molar-refractivity contribution is -0.383. The smallest absolute Gasteiger partial charge is 0.356 e. The van der Waals surface area contributed by atoms with Gasteiger partial charge < -0.3 is 4.74 Å². The van der Waals surface area contributed by atoms with Crippen molar-refractivity contribution in [2.75, 3.05) is 17.5 Å². The summed E-state index contributed by atoms with van der Waals surface area (Å²) < 4.78 is 5.31. The van der Waals surface area contributed by atoms with Crippen molar-refractivity contribution >= 4 is 63.1 Å². The van der Waals surface area contributed by atoms with Crippen molar-refractivity contribution in [2.45, 2.75) is 0 Å². The predicted molar refractivity (Wildman–Crippen MR) is 137 cm³/mol. The van der Waals surface area contributed by atoms with Crippen molar-refractivity contribution < 1.29 is 19.2 Å². The van der Waals surface area contributed by atoms with Gasteiger partial charge in [-0.2, -0.15) is 0 Å². The van der Waals surface area contributed by atoms with Crippen LogP contribution in [0.15, 0.2) is 67.0 Å². The number of fused-ring (bicyclic) bond motifs is 1. The zero-order valence-corrected chi connectivity index (χ0v) is 20.2. The summed E-state index contributed by atoms with van der Waals surface area (Å²) in [5.41, 5.74) is 9.18. The molecule has 4 N–H and O–H groups in total. The van der Waals surface area contributed by atoms with Gasteiger partial charge in [0.15, 0.2) is 6.61 Å². The Bertz CT molecular complexity index is 1500. The SMILES string of the molecule is O=C(COc1ccc(Cl)cc1Cl)NNc1ncnc(NNC(=O)c2cccc3ccccc23)c1[N+](=O)[O-]. The van der Waals surface area contributed by atoms with Gasteiger partial charge in [-0.25, -0.2) is 9.97 Å². The third kappa shape index (κ3) is 6.12. The Morgan fingerprint density at radius 1 is 0.946 bits per heavy atom. The maximum absolute atomic E-state index is 12.8. The van der Waals surface area contributed by atoms with E-state index in [1.165, 1.54) is 18.2 Å². The lowest BCUT2D eigenvalue weighted by atomic mass is 10.0. The number of aromatic nitrogens is 2. The Labute approximate surface area is 219 Å². The fourth-order valence-corrected chi connectivity index (χ4v) is 3.70. The summed E-state index contributed by atoms with van der Waals surface area (Å²) in [7, 11) is 0. The molecule has 1 aromatic heterocycles. The van der Waals surface area contributed by atoms with Gasteiger partial charge in [0.1, 0.15) is 12.1 Å². The standard InChI is InChI=1S/C23H17Cl2N7O5/c24-14-8-9-18(17(25)10-14)37-11-19(33)28-29-21-20(32(35)36)22(27-12-26-21)30-31-23(34)16-7-3-5-13-4-1-2-6-15(13)16/h1-10,12H,11H2,(H,28,33)(H,31,34)(H2,26,27,29,30). The van der Waals surface area contributed by atoms with Gasteiger partial charge in [-0.05, 0) is 35.0 Å². The minimum absolute atomic E-state index is 0.209. The van der Waals surface area contributed by atoms with Crippen LogP contribution in [0.2, 0.25) is 10.0 Å². The van der Waals surface area contributed by atoms with E-state index in [0.717, 1.165) is 11.7 Å². The number of carbonyl (C=O) groups excluding carboxylic acids is 2. The van der Waals surface area contributed by atoms with E-state index in [4.69, 9.17) is 27.9 Å². The quantitative estimate of drug-likeness (QED) is 0.180. The summed E-state index contributed by atoms with van der Waals surface area (Å²) in [5.74, 6) is -1.64. The third-order valence-electron chi connectivity index (χ3n) is 4.91. The average Bonchev–Trinajstić information content (AvgIpc) is 2.89. The van der Waals surface area contributed by atoms with Crippen LogP contribution in [0.5, 0.6) is 5.75 Å². The highest BCUT2D eigenvalue weighted by atomic mass is 35.5. The lowest BCUT2D eigenvalue weighted by Gasteiger charge is -2.12. The van der Waals surface area contributed by atoms with Crippen LogP contribution in [-0.2, 0) is 4.79 Å². The number of nitro groups is 1. The third-order valence-corrected chi connectivity index (χ3v) is 5.44. The minimum Gasteiger partial charge on any atom is -0.482 e. The number of anilines is 2. The van der Waals surface area contributed by atoms with Crippen molar-refractivity contribution in [3.63, 3.8) is 0 Å². The highest BCUT2D eigenvalue weighted by Gasteiger charge is 2.24. The summed E-state index contributed by atoms with van der Waals surface area (Å²) in [6.07, 6.45) is 1.01. The molecule has 0 aliphatic carbocycles. The number of hydrazine groups is 2. The van der Waals surface area contributed by atoms with Gasteiger partial charge in [0.25, 0.3) is 11.8 Å². The summed E-state index contributed by atoms with van der Waals surface area (Å²) in [4.78, 5) is 43.5. The van der Waals surface area contributed by atoms with Crippen LogP contribution in [0.4, 0.5) is 17.3 Å². The van der Waals surface area contributed by atoms with Crippen molar-refractivity contribution in [1.29, 1.82) is 0 Å². The van der Waals surface area contributed by atoms with Crippen LogP contribution in [-0.4, -0.2) is 33.3 Å². The summed E-state index contributed by atoms with van der Waals surface area (Å²) >= 11 is 11.8. The maximum Gasteiger partial charge on any atom is 0.356 e. The van der Waals surface area contributed by atoms with Gasteiger partial charge in [-0.1, -0.05) is 59.6 Å². The van der Waals surface area contributed by atoms with E-state index in [1.807, 2.05) is 18.2 Å². The largest absolute Gasteiger partial charge is 0.482 e. The van der Waals surface area contributed by atoms with Crippen LogP contribution in [0.1, 0.15) is 10.4 Å². The molecule has 0 radical (unpaired) electrons. The second-order valence-electron chi connectivity index (χ2n) is 7.32. The second-order valence-corrected chi connectivity index (χ2v) is 8.16. The highest BCUT2D eigenvalue weighted by molar-refractivity contribution is 6.35. The monoisotopic (exact) mass is 541 g/mol. The molecule has 4 rings (SSSR count). The Hall–Kier alpha value is -4.68. The first kappa shape index (κ1) is 25.4. The van der Waals surface area contributed by atoms with E-state index in [0.29, 0.717) is 16.0 Å². The molecule has 1 heterocycles. The van der Waals surface area contributed by atoms with E-state index in [1.54, 1.807) is 24.3 Å². The van der Waals surface area contributed by atoms with E-state index in [-0.39, 0.29) is 22.4 Å². The summed E-state index contributed by atoms with van der Waals surface area (Å²) in [6.45, 7) is -0.459. The van der Waals surface area contributed by atoms with Gasteiger partial charge in [-0.3, -0.25) is 41.4 Å². The number of nitrogens with one attached hydrogen (secondary N) is 4. The van der Waals surface area contributed by atoms with Crippen LogP contribution in [0.3, 0.4) is 0 Å². The number of carbonyl (C=O) groups is 2. The Kier molecular flexibility index (Phi) is 7.81. The number of ether oxygens (including phenoxy) is 1. The second kappa shape index (κ2) is 11.4. The van der Waals surface area contributed by atoms with Gasteiger partial charge in [-0.15, -0.1) is 0 Å². The number of hydrogen-bond donors (Lipinski definition) is 4. The van der Waals surface area contributed by atoms with Crippen LogP contribution >= 0.6 is 23.2 Å². The fourth-order valence-electron chi connectivity index (χ4n) is 3.24. The van der Waals surface area contributed by atoms with Crippen molar-refractivity contribution in [3.05, 3.63) is 92.7 Å². The first-order valence-corrected chi connectivity index (χ1v) is 11.3. The van der Waals surface area contributed by atoms with Crippen LogP contribution in [0.25, 0.3) is 10.8 Å². The van der Waals surface area contributed by atoms with Gasteiger partial charge in [0.2, 0.25) is 11.6 Å². The number of hydrogen-bond acceptors (Lipinski definition) is 9. The minimum atomic E-state index is -0.773. The Morgan fingerprint density at radius 2 is 1.65 bits per heavy atom. The molecular formula is C23H17Cl2N7O5. The van der Waals surface area contributed by atoms with Crippen molar-refractivity contribution in [2.24, 2.45) is 0 Å². The molecule has 0 aliphatic heterocycles. The van der Waals surface area contributed by atoms with Crippen LogP contribution in [0, 0.1) is 10.1 Å². The van der Waals surface area contributed by atoms with Crippen molar-refractivity contribution in [3.8, 4) is 5.75 Å². The van der Waals surface area contributed by atoms with Gasteiger partial charge >= 0.3 is 5.69 Å². The molecule has 0 unspecified atom stereocenters. The van der Waals surface area contributed by atoms with Gasteiger partial charge in [0.05, 0.1) is 9.95 Å². The molecule has 188 valence electrons. The van der Waals surface area contributed by atoms with E-state index in [2.05, 4.69) is 31.7 Å². The molecule has 0 spiro atoms. The number of rotatable bonds is 9. The molecule has 2 amide bonds. The Balaban J connectivity index is 1.42. The molecule has 0 bridgehead atoms. The zero-order valence-electron chi connectivity index (χ0n) is 18.7. The van der Waals surface area contributed by atoms with Gasteiger partial charge in [0, 0.05) is 10.6 Å². The van der Waals surface area contributed by atoms with E-state index in [9.17, 15) is 19.7 Å². The van der Waals surface area contributed by atoms with E-state index < -0.39 is 29.0 Å².